The monoisotopic (exact) mass is 363 g/mol. The average molecular weight is 364 g/mol. The Morgan fingerprint density at radius 3 is 2.36 bits per heavy atom. The third-order valence-electron chi connectivity index (χ3n) is 3.89. The van der Waals surface area contributed by atoms with Crippen molar-refractivity contribution in [1.82, 2.24) is 5.32 Å². The molecule has 0 bridgehead atoms. The van der Waals surface area contributed by atoms with Crippen LogP contribution in [0.4, 0.5) is 0 Å². The van der Waals surface area contributed by atoms with Crippen LogP contribution in [-0.4, -0.2) is 23.7 Å². The molecule has 0 saturated heterocycles. The van der Waals surface area contributed by atoms with Gasteiger partial charge < -0.3 is 15.2 Å². The summed E-state index contributed by atoms with van der Waals surface area (Å²) in [5, 5.41) is 13.5. The minimum Gasteiger partial charge on any atom is -0.427 e. The first kappa shape index (κ1) is 21.2. The quantitative estimate of drug-likeness (QED) is 0.555. The maximum Gasteiger partial charge on any atom is 0.308 e. The van der Waals surface area contributed by atoms with Crippen LogP contribution < -0.4 is 10.1 Å². The molecule has 25 heavy (non-hydrogen) atoms. The molecule has 0 aliphatic rings. The Bertz CT molecular complexity index is 631. The van der Waals surface area contributed by atoms with E-state index < -0.39 is 6.10 Å². The standard InChI is InChI=1S/C20H25NO3.ClH/c1-15(21-14-20(23)18-6-4-3-5-7-18)8-9-17-10-12-19(13-11-17)24-16(2)22;/h3-7,10-13,15,20-21,23H,8-9,14H2,1-2H3;1H/t15-,20-;/m0./s1. The first-order chi connectivity index (χ1) is 11.5. The molecule has 0 unspecified atom stereocenters. The summed E-state index contributed by atoms with van der Waals surface area (Å²) in [6, 6.07) is 17.6. The summed E-state index contributed by atoms with van der Waals surface area (Å²) in [5.41, 5.74) is 2.13. The van der Waals surface area contributed by atoms with Crippen LogP contribution in [0.2, 0.25) is 0 Å². The topological polar surface area (TPSA) is 58.6 Å². The Kier molecular flexibility index (Phi) is 9.21. The minimum absolute atomic E-state index is 0. The van der Waals surface area contributed by atoms with E-state index in [1.54, 1.807) is 0 Å². The molecule has 0 aliphatic carbocycles. The molecular weight excluding hydrogens is 338 g/mol. The van der Waals surface area contributed by atoms with Crippen LogP contribution in [0.25, 0.3) is 0 Å². The lowest BCUT2D eigenvalue weighted by Crippen LogP contribution is -2.30. The van der Waals surface area contributed by atoms with Crippen LogP contribution in [-0.2, 0) is 11.2 Å². The van der Waals surface area contributed by atoms with E-state index in [0.717, 1.165) is 18.4 Å². The number of hydrogen-bond acceptors (Lipinski definition) is 4. The van der Waals surface area contributed by atoms with Crippen molar-refractivity contribution in [2.24, 2.45) is 0 Å². The predicted octanol–water partition coefficient (Wildman–Crippen LogP) is 3.68. The van der Waals surface area contributed by atoms with Gasteiger partial charge >= 0.3 is 5.97 Å². The summed E-state index contributed by atoms with van der Waals surface area (Å²) < 4.78 is 5.02. The summed E-state index contributed by atoms with van der Waals surface area (Å²) in [6.07, 6.45) is 1.40. The van der Waals surface area contributed by atoms with E-state index in [1.807, 2.05) is 54.6 Å². The van der Waals surface area contributed by atoms with Crippen LogP contribution in [0.1, 0.15) is 37.5 Å². The molecule has 2 aromatic rings. The molecule has 0 fully saturated rings. The molecule has 5 heteroatoms. The molecule has 0 aromatic heterocycles. The van der Waals surface area contributed by atoms with E-state index in [-0.39, 0.29) is 18.4 Å². The van der Waals surface area contributed by atoms with E-state index in [9.17, 15) is 9.90 Å². The Balaban J connectivity index is 0.00000312. The molecule has 0 amide bonds. The lowest BCUT2D eigenvalue weighted by atomic mass is 10.1. The number of aliphatic hydroxyl groups excluding tert-OH is 1. The number of carbonyl (C=O) groups is 1. The van der Waals surface area contributed by atoms with Crippen LogP contribution in [0.15, 0.2) is 54.6 Å². The lowest BCUT2D eigenvalue weighted by molar-refractivity contribution is -0.131. The number of esters is 1. The van der Waals surface area contributed by atoms with Gasteiger partial charge in [-0.2, -0.15) is 0 Å². The number of aryl methyl sites for hydroxylation is 1. The fraction of sp³-hybridized carbons (Fsp3) is 0.350. The Morgan fingerprint density at radius 1 is 1.12 bits per heavy atom. The Labute approximate surface area is 155 Å². The van der Waals surface area contributed by atoms with Crippen molar-refractivity contribution in [2.45, 2.75) is 38.8 Å². The highest BCUT2D eigenvalue weighted by atomic mass is 35.5. The van der Waals surface area contributed by atoms with Crippen LogP contribution >= 0.6 is 12.4 Å². The van der Waals surface area contributed by atoms with Gasteiger partial charge in [-0.25, -0.2) is 0 Å². The van der Waals surface area contributed by atoms with E-state index >= 15 is 0 Å². The number of carbonyl (C=O) groups excluding carboxylic acids is 1. The highest BCUT2D eigenvalue weighted by Crippen LogP contribution is 2.15. The van der Waals surface area contributed by atoms with E-state index in [2.05, 4.69) is 12.2 Å². The summed E-state index contributed by atoms with van der Waals surface area (Å²) in [5.74, 6) is 0.265. The molecule has 0 saturated carbocycles. The van der Waals surface area contributed by atoms with Crippen molar-refractivity contribution in [3.63, 3.8) is 0 Å². The largest absolute Gasteiger partial charge is 0.427 e. The molecule has 136 valence electrons. The zero-order chi connectivity index (χ0) is 17.4. The molecular formula is C20H26ClNO3. The van der Waals surface area contributed by atoms with Crippen LogP contribution in [0, 0.1) is 0 Å². The maximum atomic E-state index is 10.9. The molecule has 0 spiro atoms. The van der Waals surface area contributed by atoms with Crippen molar-refractivity contribution >= 4 is 18.4 Å². The zero-order valence-electron chi connectivity index (χ0n) is 14.6. The minimum atomic E-state index is -0.489. The first-order valence-corrected chi connectivity index (χ1v) is 8.28. The molecule has 2 rings (SSSR count). The van der Waals surface area contributed by atoms with Crippen molar-refractivity contribution < 1.29 is 14.6 Å². The van der Waals surface area contributed by atoms with E-state index in [1.165, 1.54) is 12.5 Å². The first-order valence-electron chi connectivity index (χ1n) is 8.28. The van der Waals surface area contributed by atoms with Crippen molar-refractivity contribution in [2.75, 3.05) is 6.54 Å². The van der Waals surface area contributed by atoms with Gasteiger partial charge in [0.1, 0.15) is 5.75 Å². The van der Waals surface area contributed by atoms with E-state index in [4.69, 9.17) is 4.74 Å². The van der Waals surface area contributed by atoms with Gasteiger partial charge in [0, 0.05) is 19.5 Å². The van der Waals surface area contributed by atoms with Gasteiger partial charge in [-0.15, -0.1) is 12.4 Å². The Hall–Kier alpha value is -1.88. The van der Waals surface area contributed by atoms with Crippen molar-refractivity contribution in [3.05, 3.63) is 65.7 Å². The van der Waals surface area contributed by atoms with Crippen molar-refractivity contribution in [3.8, 4) is 5.75 Å². The zero-order valence-corrected chi connectivity index (χ0v) is 15.5. The van der Waals surface area contributed by atoms with Gasteiger partial charge in [0.05, 0.1) is 6.10 Å². The summed E-state index contributed by atoms with van der Waals surface area (Å²) in [6.45, 7) is 4.05. The van der Waals surface area contributed by atoms with Gasteiger partial charge in [-0.3, -0.25) is 4.79 Å². The number of halogens is 1. The third-order valence-corrected chi connectivity index (χ3v) is 3.89. The fourth-order valence-electron chi connectivity index (χ4n) is 2.48. The smallest absolute Gasteiger partial charge is 0.308 e. The summed E-state index contributed by atoms with van der Waals surface area (Å²) in [4.78, 5) is 10.9. The Morgan fingerprint density at radius 2 is 1.76 bits per heavy atom. The number of hydrogen-bond donors (Lipinski definition) is 2. The summed E-state index contributed by atoms with van der Waals surface area (Å²) >= 11 is 0. The number of ether oxygens (including phenoxy) is 1. The van der Waals surface area contributed by atoms with E-state index in [0.29, 0.717) is 18.3 Å². The molecule has 2 atom stereocenters. The molecule has 0 heterocycles. The van der Waals surface area contributed by atoms with Gasteiger partial charge in [0.2, 0.25) is 0 Å². The lowest BCUT2D eigenvalue weighted by Gasteiger charge is -2.17. The molecule has 2 N–H and O–H groups in total. The van der Waals surface area contributed by atoms with Crippen molar-refractivity contribution in [1.29, 1.82) is 0 Å². The maximum absolute atomic E-state index is 10.9. The second-order valence-electron chi connectivity index (χ2n) is 6.01. The second kappa shape index (κ2) is 10.9. The van der Waals surface area contributed by atoms with Gasteiger partial charge in [0.25, 0.3) is 0 Å². The molecule has 0 radical (unpaired) electrons. The highest BCUT2D eigenvalue weighted by Gasteiger charge is 2.09. The van der Waals surface area contributed by atoms with Crippen LogP contribution in [0.3, 0.4) is 0 Å². The SMILES string of the molecule is CC(=O)Oc1ccc(CC[C@H](C)NC[C@H](O)c2ccccc2)cc1.Cl. The molecule has 4 nitrogen and oxygen atoms in total. The van der Waals surface area contributed by atoms with Gasteiger partial charge in [-0.05, 0) is 43.0 Å². The fourth-order valence-corrected chi connectivity index (χ4v) is 2.48. The third kappa shape index (κ3) is 7.69. The molecule has 0 aliphatic heterocycles. The summed E-state index contributed by atoms with van der Waals surface area (Å²) in [7, 11) is 0. The number of nitrogens with one attached hydrogen (secondary N) is 1. The second-order valence-corrected chi connectivity index (χ2v) is 6.01. The number of rotatable bonds is 8. The number of benzene rings is 2. The van der Waals surface area contributed by atoms with Gasteiger partial charge in [0.15, 0.2) is 0 Å². The molecule has 2 aromatic carbocycles. The average Bonchev–Trinajstić information content (AvgIpc) is 2.59. The normalized spacial score (nSPS) is 12.8. The van der Waals surface area contributed by atoms with Crippen LogP contribution in [0.5, 0.6) is 5.75 Å². The predicted molar refractivity (Wildman–Crippen MR) is 102 cm³/mol. The number of aliphatic hydroxyl groups is 1. The van der Waals surface area contributed by atoms with Gasteiger partial charge in [-0.1, -0.05) is 42.5 Å². The highest BCUT2D eigenvalue weighted by molar-refractivity contribution is 5.85.